The molecule has 0 radical (unpaired) electrons. The zero-order valence-corrected chi connectivity index (χ0v) is 17.5. The topological polar surface area (TPSA) is 78.7 Å². The molecule has 1 aromatic carbocycles. The maximum atomic E-state index is 13.1. The van der Waals surface area contributed by atoms with Gasteiger partial charge in [0, 0.05) is 50.0 Å². The van der Waals surface area contributed by atoms with Crippen LogP contribution in [0.15, 0.2) is 18.2 Å². The van der Waals surface area contributed by atoms with E-state index in [2.05, 4.69) is 29.0 Å². The van der Waals surface area contributed by atoms with Gasteiger partial charge < -0.3 is 10.2 Å². The Balaban J connectivity index is 1.62. The highest BCUT2D eigenvalue weighted by molar-refractivity contribution is 5.82. The van der Waals surface area contributed by atoms with Gasteiger partial charge in [-0.3, -0.25) is 19.8 Å². The van der Waals surface area contributed by atoms with Crippen LogP contribution in [-0.2, 0) is 11.2 Å². The first kappa shape index (κ1) is 20.1. The van der Waals surface area contributed by atoms with E-state index in [9.17, 15) is 14.9 Å². The Labute approximate surface area is 172 Å². The van der Waals surface area contributed by atoms with Gasteiger partial charge in [0.2, 0.25) is 5.91 Å². The van der Waals surface area contributed by atoms with Gasteiger partial charge in [0.05, 0.1) is 16.9 Å². The van der Waals surface area contributed by atoms with Crippen molar-refractivity contribution in [1.82, 2.24) is 10.2 Å². The number of carbonyl (C=O) groups is 1. The van der Waals surface area contributed by atoms with E-state index < -0.39 is 0 Å². The largest absolute Gasteiger partial charge is 0.365 e. The molecule has 3 aliphatic rings. The van der Waals surface area contributed by atoms with E-state index in [1.54, 1.807) is 12.1 Å². The first-order valence-electron chi connectivity index (χ1n) is 11.0. The number of fused-ring (bicyclic) bond motifs is 3. The Morgan fingerprint density at radius 2 is 2.03 bits per heavy atom. The zero-order chi connectivity index (χ0) is 20.5. The highest BCUT2D eigenvalue weighted by Crippen LogP contribution is 2.39. The Morgan fingerprint density at radius 3 is 2.72 bits per heavy atom. The Bertz CT molecular complexity index is 775. The minimum Gasteiger partial charge on any atom is -0.365 e. The number of nitrogens with one attached hydrogen (secondary N) is 1. The number of non-ortho nitro benzene ring substituents is 1. The summed E-state index contributed by atoms with van der Waals surface area (Å²) in [6.07, 6.45) is 5.71. The predicted octanol–water partition coefficient (Wildman–Crippen LogP) is 2.97. The third-order valence-corrected chi connectivity index (χ3v) is 6.80. The van der Waals surface area contributed by atoms with Crippen LogP contribution in [-0.4, -0.2) is 54.0 Å². The van der Waals surface area contributed by atoms with Gasteiger partial charge in [0.15, 0.2) is 0 Å². The second-order valence-corrected chi connectivity index (χ2v) is 9.21. The van der Waals surface area contributed by atoms with Crippen LogP contribution >= 0.6 is 0 Å². The van der Waals surface area contributed by atoms with E-state index in [0.29, 0.717) is 24.9 Å². The molecule has 0 spiro atoms. The molecule has 2 atom stereocenters. The molecular formula is C22H32N4O3. The summed E-state index contributed by atoms with van der Waals surface area (Å²) in [5.41, 5.74) is 2.10. The predicted molar refractivity (Wildman–Crippen MR) is 113 cm³/mol. The van der Waals surface area contributed by atoms with Crippen molar-refractivity contribution in [3.05, 3.63) is 33.9 Å². The molecule has 1 saturated heterocycles. The summed E-state index contributed by atoms with van der Waals surface area (Å²) in [4.78, 5) is 29.0. The van der Waals surface area contributed by atoms with Gasteiger partial charge in [-0.25, -0.2) is 0 Å². The summed E-state index contributed by atoms with van der Waals surface area (Å²) < 4.78 is 0. The molecular weight excluding hydrogens is 368 g/mol. The van der Waals surface area contributed by atoms with Crippen LogP contribution in [0.1, 0.15) is 45.1 Å². The van der Waals surface area contributed by atoms with E-state index in [1.807, 2.05) is 6.07 Å². The molecule has 2 fully saturated rings. The molecule has 29 heavy (non-hydrogen) atoms. The molecule has 0 unspecified atom stereocenters. The van der Waals surface area contributed by atoms with Gasteiger partial charge >= 0.3 is 0 Å². The molecule has 0 bridgehead atoms. The van der Waals surface area contributed by atoms with Crippen LogP contribution < -0.4 is 10.2 Å². The van der Waals surface area contributed by atoms with Crippen molar-refractivity contribution in [3.63, 3.8) is 0 Å². The number of nitro groups is 1. The van der Waals surface area contributed by atoms with Gasteiger partial charge in [-0.15, -0.1) is 0 Å². The number of nitro benzene ring substituents is 1. The van der Waals surface area contributed by atoms with Crippen molar-refractivity contribution in [2.45, 2.75) is 58.0 Å². The highest BCUT2D eigenvalue weighted by Gasteiger charge is 2.43. The lowest BCUT2D eigenvalue weighted by molar-refractivity contribution is -0.384. The third-order valence-electron chi connectivity index (χ3n) is 6.80. The molecule has 1 saturated carbocycles. The van der Waals surface area contributed by atoms with Crippen LogP contribution in [0.4, 0.5) is 11.4 Å². The summed E-state index contributed by atoms with van der Waals surface area (Å²) in [5.74, 6) is 0.306. The number of benzene rings is 1. The number of hydrogen-bond acceptors (Lipinski definition) is 5. The minimum absolute atomic E-state index is 0.0825. The fraction of sp³-hybridized carbons (Fsp3) is 0.682. The molecule has 7 nitrogen and oxygen atoms in total. The van der Waals surface area contributed by atoms with Gasteiger partial charge in [-0.05, 0) is 36.8 Å². The molecule has 4 rings (SSSR count). The van der Waals surface area contributed by atoms with E-state index in [4.69, 9.17) is 0 Å². The Hall–Kier alpha value is -2.15. The van der Waals surface area contributed by atoms with Gasteiger partial charge in [0.1, 0.15) is 0 Å². The average Bonchev–Trinajstić information content (AvgIpc) is 3.25. The Kier molecular flexibility index (Phi) is 5.76. The molecule has 2 aliphatic heterocycles. The maximum absolute atomic E-state index is 13.1. The van der Waals surface area contributed by atoms with Crippen LogP contribution in [0.2, 0.25) is 0 Å². The van der Waals surface area contributed by atoms with Crippen molar-refractivity contribution in [1.29, 1.82) is 0 Å². The molecule has 2 heterocycles. The Morgan fingerprint density at radius 1 is 1.28 bits per heavy atom. The van der Waals surface area contributed by atoms with E-state index >= 15 is 0 Å². The SMILES string of the molecule is CC(C)CNC(=O)[C@@H]1Cc2cc([N+](=O)[O-])ccc2N2CCN(C3CCCC3)C[C@H]12. The first-order valence-corrected chi connectivity index (χ1v) is 11.0. The van der Waals surface area contributed by atoms with Crippen molar-refractivity contribution in [2.24, 2.45) is 11.8 Å². The number of anilines is 1. The molecule has 0 aromatic heterocycles. The first-order chi connectivity index (χ1) is 13.9. The maximum Gasteiger partial charge on any atom is 0.269 e. The highest BCUT2D eigenvalue weighted by atomic mass is 16.6. The molecule has 1 amide bonds. The average molecular weight is 401 g/mol. The molecule has 7 heteroatoms. The molecule has 1 aromatic rings. The summed E-state index contributed by atoms with van der Waals surface area (Å²) >= 11 is 0. The lowest BCUT2D eigenvalue weighted by Gasteiger charge is -2.50. The molecule has 1 N–H and O–H groups in total. The van der Waals surface area contributed by atoms with Crippen LogP contribution in [0, 0.1) is 22.0 Å². The normalized spacial score (nSPS) is 25.0. The summed E-state index contributed by atoms with van der Waals surface area (Å²) in [6.45, 7) is 7.62. The lowest BCUT2D eigenvalue weighted by atomic mass is 9.82. The monoisotopic (exact) mass is 400 g/mol. The van der Waals surface area contributed by atoms with Gasteiger partial charge in [-0.2, -0.15) is 0 Å². The van der Waals surface area contributed by atoms with Crippen molar-refractivity contribution in [2.75, 3.05) is 31.1 Å². The zero-order valence-electron chi connectivity index (χ0n) is 17.5. The standard InChI is InChI=1S/C22H32N4O3/c1-15(2)13-23-22(27)19-12-16-11-18(26(28)29)7-8-20(16)25-10-9-24(14-21(19)25)17-5-3-4-6-17/h7-8,11,15,17,19,21H,3-6,9-10,12-14H2,1-2H3,(H,23,27)/t19-,21-/m1/s1. The van der Waals surface area contributed by atoms with E-state index in [-0.39, 0.29) is 28.5 Å². The number of carbonyl (C=O) groups excluding carboxylic acids is 1. The van der Waals surface area contributed by atoms with Crippen molar-refractivity contribution >= 4 is 17.3 Å². The minimum atomic E-state index is -0.349. The van der Waals surface area contributed by atoms with Crippen LogP contribution in [0.5, 0.6) is 0 Å². The third kappa shape index (κ3) is 4.10. The smallest absolute Gasteiger partial charge is 0.269 e. The molecule has 1 aliphatic carbocycles. The van der Waals surface area contributed by atoms with Crippen LogP contribution in [0.3, 0.4) is 0 Å². The number of hydrogen-bond donors (Lipinski definition) is 1. The summed E-state index contributed by atoms with van der Waals surface area (Å²) in [6, 6.07) is 5.92. The second-order valence-electron chi connectivity index (χ2n) is 9.21. The summed E-state index contributed by atoms with van der Waals surface area (Å²) in [5, 5.41) is 14.4. The quantitative estimate of drug-likeness (QED) is 0.607. The number of amides is 1. The fourth-order valence-corrected chi connectivity index (χ4v) is 5.28. The number of nitrogens with zero attached hydrogens (tertiary/aromatic N) is 3. The number of rotatable bonds is 5. The molecule has 158 valence electrons. The number of piperazine rings is 1. The van der Waals surface area contributed by atoms with E-state index in [0.717, 1.165) is 30.9 Å². The van der Waals surface area contributed by atoms with Gasteiger partial charge in [0.25, 0.3) is 5.69 Å². The lowest BCUT2D eigenvalue weighted by Crippen LogP contribution is -2.62. The van der Waals surface area contributed by atoms with E-state index in [1.165, 1.54) is 25.7 Å². The summed E-state index contributed by atoms with van der Waals surface area (Å²) in [7, 11) is 0. The fourth-order valence-electron chi connectivity index (χ4n) is 5.28. The van der Waals surface area contributed by atoms with Crippen molar-refractivity contribution in [3.8, 4) is 0 Å². The van der Waals surface area contributed by atoms with Gasteiger partial charge in [-0.1, -0.05) is 26.7 Å². The second kappa shape index (κ2) is 8.30. The van der Waals surface area contributed by atoms with Crippen LogP contribution in [0.25, 0.3) is 0 Å². The van der Waals surface area contributed by atoms with Crippen molar-refractivity contribution < 1.29 is 9.72 Å².